The van der Waals surface area contributed by atoms with Gasteiger partial charge in [-0.25, -0.2) is 0 Å². The molecule has 0 saturated heterocycles. The van der Waals surface area contributed by atoms with E-state index < -0.39 is 12.2 Å². The Morgan fingerprint density at radius 2 is 1.00 bits per heavy atom. The van der Waals surface area contributed by atoms with E-state index in [1.807, 2.05) is 36.4 Å². The molecule has 0 spiro atoms. The summed E-state index contributed by atoms with van der Waals surface area (Å²) in [5, 5.41) is 28.1. The Hall–Kier alpha value is -1.98. The van der Waals surface area contributed by atoms with Crippen LogP contribution in [0.1, 0.15) is 37.1 Å². The zero-order chi connectivity index (χ0) is 18.5. The number of aliphatic hydroxyl groups is 2. The van der Waals surface area contributed by atoms with Crippen molar-refractivity contribution >= 4 is 0 Å². The third kappa shape index (κ3) is 4.40. The molecular formula is C22H28N2O2. The average Bonchev–Trinajstić information content (AvgIpc) is 2.68. The van der Waals surface area contributed by atoms with Crippen molar-refractivity contribution in [2.24, 2.45) is 0 Å². The Morgan fingerprint density at radius 1 is 0.654 bits per heavy atom. The lowest BCUT2D eigenvalue weighted by molar-refractivity contribution is 0.0662. The van der Waals surface area contributed by atoms with Gasteiger partial charge in [-0.1, -0.05) is 72.8 Å². The number of nitrogens with one attached hydrogen (secondary N) is 2. The van der Waals surface area contributed by atoms with Crippen LogP contribution in [0.4, 0.5) is 0 Å². The molecule has 4 heteroatoms. The first-order valence-electron chi connectivity index (χ1n) is 9.22. The fraction of sp³-hybridized carbons (Fsp3) is 0.364. The van der Waals surface area contributed by atoms with Crippen molar-refractivity contribution in [2.75, 3.05) is 0 Å². The van der Waals surface area contributed by atoms with Gasteiger partial charge in [0, 0.05) is 12.1 Å². The molecule has 0 aromatic heterocycles. The summed E-state index contributed by atoms with van der Waals surface area (Å²) in [5.74, 6) is 0. The van der Waals surface area contributed by atoms with Crippen molar-refractivity contribution in [1.29, 1.82) is 0 Å². The number of aliphatic hydroxyl groups excluding tert-OH is 2. The minimum atomic E-state index is -0.662. The molecule has 4 nitrogen and oxygen atoms in total. The minimum absolute atomic E-state index is 0.0610. The molecule has 0 unspecified atom stereocenters. The molecule has 6 atom stereocenters. The monoisotopic (exact) mass is 352 g/mol. The Kier molecular flexibility index (Phi) is 6.22. The molecule has 26 heavy (non-hydrogen) atoms. The van der Waals surface area contributed by atoms with Crippen LogP contribution in [-0.4, -0.2) is 34.5 Å². The van der Waals surface area contributed by atoms with E-state index in [1.54, 1.807) is 12.2 Å². The van der Waals surface area contributed by atoms with Crippen LogP contribution in [0, 0.1) is 0 Å². The van der Waals surface area contributed by atoms with E-state index in [0.717, 1.165) is 11.1 Å². The molecule has 1 aliphatic carbocycles. The van der Waals surface area contributed by atoms with Gasteiger partial charge in [0.2, 0.25) is 0 Å². The molecule has 0 heterocycles. The predicted molar refractivity (Wildman–Crippen MR) is 105 cm³/mol. The van der Waals surface area contributed by atoms with E-state index in [-0.39, 0.29) is 24.2 Å². The van der Waals surface area contributed by atoms with Crippen LogP contribution < -0.4 is 10.6 Å². The average molecular weight is 352 g/mol. The van der Waals surface area contributed by atoms with Gasteiger partial charge in [-0.15, -0.1) is 0 Å². The van der Waals surface area contributed by atoms with E-state index in [0.29, 0.717) is 0 Å². The van der Waals surface area contributed by atoms with E-state index in [2.05, 4.69) is 48.7 Å². The highest BCUT2D eigenvalue weighted by Gasteiger charge is 2.36. The van der Waals surface area contributed by atoms with E-state index in [1.165, 1.54) is 0 Å². The molecule has 0 radical (unpaired) electrons. The van der Waals surface area contributed by atoms with Gasteiger partial charge in [-0.3, -0.25) is 0 Å². The van der Waals surface area contributed by atoms with Crippen molar-refractivity contribution < 1.29 is 10.2 Å². The van der Waals surface area contributed by atoms with Crippen LogP contribution in [-0.2, 0) is 0 Å². The number of hydrogen-bond acceptors (Lipinski definition) is 4. The van der Waals surface area contributed by atoms with Gasteiger partial charge in [0.05, 0.1) is 24.3 Å². The Bertz CT molecular complexity index is 643. The summed E-state index contributed by atoms with van der Waals surface area (Å²) >= 11 is 0. The predicted octanol–water partition coefficient (Wildman–Crippen LogP) is 2.72. The largest absolute Gasteiger partial charge is 0.387 e. The zero-order valence-electron chi connectivity index (χ0n) is 15.3. The lowest BCUT2D eigenvalue weighted by Gasteiger charge is -2.39. The topological polar surface area (TPSA) is 64.5 Å². The molecular weight excluding hydrogens is 324 g/mol. The maximum Gasteiger partial charge on any atom is 0.0891 e. The molecule has 3 rings (SSSR count). The second-order valence-corrected chi connectivity index (χ2v) is 7.02. The van der Waals surface area contributed by atoms with Gasteiger partial charge in [-0.05, 0) is 25.0 Å². The number of hydrogen-bond donors (Lipinski definition) is 4. The molecule has 1 aliphatic rings. The first-order valence-corrected chi connectivity index (χ1v) is 9.22. The van der Waals surface area contributed by atoms with Crippen molar-refractivity contribution in [1.82, 2.24) is 10.6 Å². The summed E-state index contributed by atoms with van der Waals surface area (Å²) in [6.45, 7) is 4.15. The molecule has 0 saturated carbocycles. The van der Waals surface area contributed by atoms with Crippen molar-refractivity contribution in [2.45, 2.75) is 50.2 Å². The standard InChI is InChI=1S/C22H28N2O2/c1-15(17-9-5-3-6-10-17)23-21-19(25)13-14-20(26)22(21)24-16(2)18-11-7-4-8-12-18/h3-16,19-26H,1-2H3/t15-,16-,19+,20+,21+,22+/m0/s1. The molecule has 0 bridgehead atoms. The summed E-state index contributed by atoms with van der Waals surface area (Å²) in [6.07, 6.45) is 2.02. The molecule has 0 fully saturated rings. The molecule has 4 N–H and O–H groups in total. The van der Waals surface area contributed by atoms with E-state index >= 15 is 0 Å². The van der Waals surface area contributed by atoms with Crippen LogP contribution in [0.5, 0.6) is 0 Å². The summed E-state index contributed by atoms with van der Waals surface area (Å²) in [6, 6.07) is 19.8. The van der Waals surface area contributed by atoms with Crippen LogP contribution in [0.3, 0.4) is 0 Å². The van der Waals surface area contributed by atoms with Gasteiger partial charge in [0.25, 0.3) is 0 Å². The van der Waals surface area contributed by atoms with Crippen LogP contribution in [0.15, 0.2) is 72.8 Å². The quantitative estimate of drug-likeness (QED) is 0.604. The molecule has 2 aromatic rings. The van der Waals surface area contributed by atoms with Crippen LogP contribution in [0.25, 0.3) is 0 Å². The highest BCUT2D eigenvalue weighted by molar-refractivity contribution is 5.22. The highest BCUT2D eigenvalue weighted by Crippen LogP contribution is 2.22. The van der Waals surface area contributed by atoms with Crippen LogP contribution >= 0.6 is 0 Å². The first kappa shape index (κ1) is 18.8. The lowest BCUT2D eigenvalue weighted by Crippen LogP contribution is -2.61. The van der Waals surface area contributed by atoms with E-state index in [4.69, 9.17) is 0 Å². The first-order chi connectivity index (χ1) is 12.6. The Labute approximate surface area is 155 Å². The Morgan fingerprint density at radius 3 is 1.35 bits per heavy atom. The smallest absolute Gasteiger partial charge is 0.0891 e. The fourth-order valence-electron chi connectivity index (χ4n) is 3.55. The van der Waals surface area contributed by atoms with Crippen molar-refractivity contribution in [3.05, 3.63) is 83.9 Å². The normalized spacial score (nSPS) is 27.8. The fourth-order valence-corrected chi connectivity index (χ4v) is 3.55. The maximum absolute atomic E-state index is 10.5. The number of rotatable bonds is 6. The summed E-state index contributed by atoms with van der Waals surface area (Å²) in [5.41, 5.74) is 2.30. The second-order valence-electron chi connectivity index (χ2n) is 7.02. The van der Waals surface area contributed by atoms with Crippen molar-refractivity contribution in [3.63, 3.8) is 0 Å². The zero-order valence-corrected chi connectivity index (χ0v) is 15.3. The molecule has 0 aliphatic heterocycles. The third-order valence-electron chi connectivity index (χ3n) is 5.11. The summed E-state index contributed by atoms with van der Waals surface area (Å²) in [4.78, 5) is 0. The van der Waals surface area contributed by atoms with Crippen molar-refractivity contribution in [3.8, 4) is 0 Å². The molecule has 0 amide bonds. The van der Waals surface area contributed by atoms with Gasteiger partial charge < -0.3 is 20.8 Å². The highest BCUT2D eigenvalue weighted by atomic mass is 16.3. The van der Waals surface area contributed by atoms with Gasteiger partial charge >= 0.3 is 0 Å². The second kappa shape index (κ2) is 8.60. The van der Waals surface area contributed by atoms with Gasteiger partial charge in [0.1, 0.15) is 0 Å². The molecule has 138 valence electrons. The molecule has 2 aromatic carbocycles. The lowest BCUT2D eigenvalue weighted by atomic mass is 9.89. The van der Waals surface area contributed by atoms with Gasteiger partial charge in [-0.2, -0.15) is 0 Å². The number of benzene rings is 2. The van der Waals surface area contributed by atoms with E-state index in [9.17, 15) is 10.2 Å². The third-order valence-corrected chi connectivity index (χ3v) is 5.11. The Balaban J connectivity index is 1.75. The minimum Gasteiger partial charge on any atom is -0.387 e. The maximum atomic E-state index is 10.5. The van der Waals surface area contributed by atoms with Crippen LogP contribution in [0.2, 0.25) is 0 Å². The van der Waals surface area contributed by atoms with Gasteiger partial charge in [0.15, 0.2) is 0 Å². The SMILES string of the molecule is C[C@H](N[C@H]1[C@H](N[C@@H](C)c2ccccc2)[C@H](O)C=C[C@H]1O)c1ccccc1. The summed E-state index contributed by atoms with van der Waals surface area (Å²) < 4.78 is 0. The summed E-state index contributed by atoms with van der Waals surface area (Å²) in [7, 11) is 0.